The fourth-order valence-corrected chi connectivity index (χ4v) is 6.47. The van der Waals surface area contributed by atoms with Crippen LogP contribution in [0.15, 0.2) is 109 Å². The maximum Gasteiger partial charge on any atom is 0.244 e. The number of carbonyl (C=O) groups is 4. The molecule has 0 heterocycles. The Hall–Kier alpha value is -5.84. The van der Waals surface area contributed by atoms with Crippen LogP contribution in [-0.2, 0) is 19.2 Å². The van der Waals surface area contributed by atoms with E-state index >= 15 is 0 Å². The van der Waals surface area contributed by atoms with Gasteiger partial charge in [-0.05, 0) is 87.4 Å². The molecule has 0 saturated carbocycles. The molecule has 0 aromatic heterocycles. The molecular formula is C43H46N4O6. The maximum atomic E-state index is 12.9. The van der Waals surface area contributed by atoms with E-state index in [1.165, 1.54) is 0 Å². The number of fused-ring (bicyclic) bond motifs is 3. The van der Waals surface area contributed by atoms with Gasteiger partial charge in [-0.15, -0.1) is 0 Å². The molecule has 0 bridgehead atoms. The van der Waals surface area contributed by atoms with Crippen molar-refractivity contribution in [3.8, 4) is 22.3 Å². The van der Waals surface area contributed by atoms with Crippen molar-refractivity contribution in [3.63, 3.8) is 0 Å². The van der Waals surface area contributed by atoms with Crippen molar-refractivity contribution in [1.29, 1.82) is 0 Å². The van der Waals surface area contributed by atoms with Crippen molar-refractivity contribution in [1.82, 2.24) is 21.6 Å². The van der Waals surface area contributed by atoms with Crippen molar-refractivity contribution in [2.24, 2.45) is 0 Å². The predicted octanol–water partition coefficient (Wildman–Crippen LogP) is 6.95. The fourth-order valence-electron chi connectivity index (χ4n) is 6.47. The number of nitrogens with one attached hydrogen (secondary N) is 4. The lowest BCUT2D eigenvalue weighted by atomic mass is 9.93. The maximum absolute atomic E-state index is 12.9. The van der Waals surface area contributed by atoms with Gasteiger partial charge < -0.3 is 10.6 Å². The number of hydrogen-bond donors (Lipinski definition) is 6. The van der Waals surface area contributed by atoms with Crippen molar-refractivity contribution in [2.75, 3.05) is 13.1 Å². The molecule has 4 amide bonds. The van der Waals surface area contributed by atoms with Crippen LogP contribution in [0.2, 0.25) is 0 Å². The molecule has 4 aromatic rings. The van der Waals surface area contributed by atoms with Crippen LogP contribution in [0.3, 0.4) is 0 Å². The zero-order valence-electron chi connectivity index (χ0n) is 29.7. The molecule has 0 fully saturated rings. The summed E-state index contributed by atoms with van der Waals surface area (Å²) in [6.07, 6.45) is 8.66. The zero-order chi connectivity index (χ0) is 37.4. The molecule has 274 valence electrons. The number of benzene rings is 4. The molecule has 53 heavy (non-hydrogen) atoms. The Bertz CT molecular complexity index is 1950. The van der Waals surface area contributed by atoms with Crippen molar-refractivity contribution < 1.29 is 29.6 Å². The molecule has 5 rings (SSSR count). The SMILES string of the molecule is O=C(/C=C1/c2ccccc2-c2cc(-c3ccc(/C(=C\CC(=O)NCCCCCC(=O)NO)c4ccccc4)cc3)ccc21)NCCCCCC(=O)NO. The minimum absolute atomic E-state index is 0.0746. The molecule has 10 heteroatoms. The van der Waals surface area contributed by atoms with E-state index in [9.17, 15) is 19.2 Å². The molecule has 4 aromatic carbocycles. The summed E-state index contributed by atoms with van der Waals surface area (Å²) in [7, 11) is 0. The normalized spacial score (nSPS) is 12.5. The van der Waals surface area contributed by atoms with Gasteiger partial charge in [0.05, 0.1) is 0 Å². The molecule has 0 aliphatic heterocycles. The Morgan fingerprint density at radius 3 is 1.75 bits per heavy atom. The molecule has 0 unspecified atom stereocenters. The van der Waals surface area contributed by atoms with Crippen molar-refractivity contribution in [3.05, 3.63) is 131 Å². The lowest BCUT2D eigenvalue weighted by Crippen LogP contribution is -2.23. The van der Waals surface area contributed by atoms with Gasteiger partial charge >= 0.3 is 0 Å². The van der Waals surface area contributed by atoms with Gasteiger partial charge in [0.2, 0.25) is 23.6 Å². The topological polar surface area (TPSA) is 157 Å². The number of carbonyl (C=O) groups excluding carboxylic acids is 4. The Morgan fingerprint density at radius 2 is 1.09 bits per heavy atom. The second-order valence-electron chi connectivity index (χ2n) is 13.0. The monoisotopic (exact) mass is 714 g/mol. The summed E-state index contributed by atoms with van der Waals surface area (Å²) in [6.45, 7) is 1.02. The molecule has 1 aliphatic rings. The highest BCUT2D eigenvalue weighted by atomic mass is 16.5. The predicted molar refractivity (Wildman–Crippen MR) is 205 cm³/mol. The Morgan fingerprint density at radius 1 is 0.528 bits per heavy atom. The van der Waals surface area contributed by atoms with Crippen LogP contribution in [0.1, 0.15) is 80.0 Å². The summed E-state index contributed by atoms with van der Waals surface area (Å²) < 4.78 is 0. The van der Waals surface area contributed by atoms with Gasteiger partial charge in [0, 0.05) is 38.4 Å². The first-order valence-corrected chi connectivity index (χ1v) is 18.1. The molecule has 10 nitrogen and oxygen atoms in total. The van der Waals surface area contributed by atoms with E-state index in [1.54, 1.807) is 17.0 Å². The van der Waals surface area contributed by atoms with E-state index in [2.05, 4.69) is 59.2 Å². The summed E-state index contributed by atoms with van der Waals surface area (Å²) in [5.41, 5.74) is 13.4. The first kappa shape index (κ1) is 38.4. The van der Waals surface area contributed by atoms with Crippen LogP contribution < -0.4 is 21.6 Å². The van der Waals surface area contributed by atoms with E-state index in [1.807, 2.05) is 54.6 Å². The van der Waals surface area contributed by atoms with E-state index < -0.39 is 11.8 Å². The van der Waals surface area contributed by atoms with Crippen LogP contribution in [0, 0.1) is 0 Å². The van der Waals surface area contributed by atoms with E-state index in [0.29, 0.717) is 25.9 Å². The first-order valence-electron chi connectivity index (χ1n) is 18.1. The highest BCUT2D eigenvalue weighted by molar-refractivity contribution is 6.08. The molecule has 1 aliphatic carbocycles. The Kier molecular flexibility index (Phi) is 14.3. The van der Waals surface area contributed by atoms with Crippen LogP contribution in [-0.4, -0.2) is 47.1 Å². The van der Waals surface area contributed by atoms with Gasteiger partial charge in [-0.1, -0.05) is 110 Å². The Labute approximate surface area is 309 Å². The first-order chi connectivity index (χ1) is 25.9. The minimum atomic E-state index is -0.406. The lowest BCUT2D eigenvalue weighted by molar-refractivity contribution is -0.130. The standard InChI is InChI=1S/C43H46N4O6/c48-40(44-26-10-2-6-16-41(49)46-52)25-24-34(31-12-4-1-5-13-31)32-20-18-30(19-21-32)33-22-23-37-38(28-33)35-14-8-9-15-36(35)39(37)29-43(51)45-27-11-3-7-17-42(50)47-53/h1,4-5,8-9,12-15,18-24,28-29,52-53H,2-3,6-7,10-11,16-17,25-27H2,(H,44,48)(H,45,51)(H,46,49)(H,47,50)/b34-24-,39-29-. The van der Waals surface area contributed by atoms with Crippen LogP contribution in [0.25, 0.3) is 33.4 Å². The summed E-state index contributed by atoms with van der Waals surface area (Å²) in [5.74, 6) is -1.05. The van der Waals surface area contributed by atoms with Gasteiger partial charge in [0.15, 0.2) is 0 Å². The van der Waals surface area contributed by atoms with Crippen LogP contribution >= 0.6 is 0 Å². The quantitative estimate of drug-likeness (QED) is 0.0250. The highest BCUT2D eigenvalue weighted by Crippen LogP contribution is 2.45. The molecule has 6 N–H and O–H groups in total. The average molecular weight is 715 g/mol. The van der Waals surface area contributed by atoms with Crippen molar-refractivity contribution in [2.45, 2.75) is 57.8 Å². The van der Waals surface area contributed by atoms with Crippen molar-refractivity contribution >= 4 is 34.8 Å². The number of amides is 4. The average Bonchev–Trinajstić information content (AvgIpc) is 3.50. The van der Waals surface area contributed by atoms with Gasteiger partial charge in [0.25, 0.3) is 0 Å². The third-order valence-electron chi connectivity index (χ3n) is 9.23. The third-order valence-corrected chi connectivity index (χ3v) is 9.23. The van der Waals surface area contributed by atoms with Gasteiger partial charge in [0.1, 0.15) is 0 Å². The minimum Gasteiger partial charge on any atom is -0.356 e. The van der Waals surface area contributed by atoms with Gasteiger partial charge in [-0.2, -0.15) is 0 Å². The largest absolute Gasteiger partial charge is 0.356 e. The Balaban J connectivity index is 1.26. The number of rotatable bonds is 18. The van der Waals surface area contributed by atoms with E-state index in [4.69, 9.17) is 10.4 Å². The summed E-state index contributed by atoms with van der Waals surface area (Å²) in [4.78, 5) is 48.0. The number of hydroxylamine groups is 2. The second-order valence-corrected chi connectivity index (χ2v) is 13.0. The van der Waals surface area contributed by atoms with Gasteiger partial charge in [-0.25, -0.2) is 11.0 Å². The second kappa shape index (κ2) is 19.7. The van der Waals surface area contributed by atoms with Gasteiger partial charge in [-0.3, -0.25) is 29.6 Å². The number of hydrogen-bond acceptors (Lipinski definition) is 6. The molecule has 0 atom stereocenters. The molecular weight excluding hydrogens is 668 g/mol. The molecule has 0 saturated heterocycles. The van der Waals surface area contributed by atoms with Crippen LogP contribution in [0.4, 0.5) is 0 Å². The van der Waals surface area contributed by atoms with E-state index in [-0.39, 0.29) is 31.1 Å². The summed E-state index contributed by atoms with van der Waals surface area (Å²) >= 11 is 0. The fraction of sp³-hybridized carbons (Fsp3) is 0.256. The molecule has 0 radical (unpaired) electrons. The highest BCUT2D eigenvalue weighted by Gasteiger charge is 2.24. The zero-order valence-corrected chi connectivity index (χ0v) is 29.7. The third kappa shape index (κ3) is 10.8. The lowest BCUT2D eigenvalue weighted by Gasteiger charge is -2.12. The van der Waals surface area contributed by atoms with Crippen LogP contribution in [0.5, 0.6) is 0 Å². The smallest absolute Gasteiger partial charge is 0.244 e. The summed E-state index contributed by atoms with van der Waals surface area (Å²) in [5, 5.41) is 23.1. The number of unbranched alkanes of at least 4 members (excludes halogenated alkanes) is 4. The van der Waals surface area contributed by atoms with E-state index in [0.717, 1.165) is 81.3 Å². The molecule has 0 spiro atoms. The summed E-state index contributed by atoms with van der Waals surface area (Å²) in [6, 6.07) is 32.7.